The number of ether oxygens (including phenoxy) is 2. The van der Waals surface area contributed by atoms with Crippen LogP contribution in [0.4, 0.5) is 0 Å². The van der Waals surface area contributed by atoms with Crippen molar-refractivity contribution in [2.75, 3.05) is 26.4 Å². The van der Waals surface area contributed by atoms with Crippen molar-refractivity contribution in [3.63, 3.8) is 0 Å². The average molecular weight is 635 g/mol. The second-order valence-electron chi connectivity index (χ2n) is 12.7. The lowest BCUT2D eigenvalue weighted by Gasteiger charge is -2.17. The van der Waals surface area contributed by atoms with Gasteiger partial charge in [-0.2, -0.15) is 0 Å². The molecule has 0 fully saturated rings. The van der Waals surface area contributed by atoms with E-state index in [0.717, 1.165) is 35.1 Å². The molecule has 0 radical (unpaired) electrons. The Hall–Kier alpha value is -3.86. The first kappa shape index (κ1) is 36.0. The molecular formula is C43H54O4. The highest BCUT2D eigenvalue weighted by Crippen LogP contribution is 2.35. The SMILES string of the molecule is C=C(CO)CCOc1cc(OCCC(=C)CO)cc(-c2ccc(-c3ccc(C4=CCC(CCCCCCC)C=C4)cc3)c(CC)c2)c1. The van der Waals surface area contributed by atoms with Crippen LogP contribution in [-0.4, -0.2) is 36.6 Å². The molecule has 0 amide bonds. The van der Waals surface area contributed by atoms with E-state index in [1.54, 1.807) is 0 Å². The molecule has 4 heteroatoms. The standard InChI is InChI=1S/C43H54O4/c1-5-7-8-9-10-11-34-12-14-36(15-13-34)37-16-18-38(19-17-37)43-21-20-39(26-35(43)6-2)40-27-41(46-24-22-32(3)30-44)29-42(28-40)47-25-23-33(4)31-45/h12,14-21,26-29,34,44-45H,3-11,13,22-25,30-31H2,1-2H3. The van der Waals surface area contributed by atoms with Gasteiger partial charge in [0, 0.05) is 18.9 Å². The normalized spacial score (nSPS) is 14.1. The van der Waals surface area contributed by atoms with Gasteiger partial charge in [0.15, 0.2) is 0 Å². The summed E-state index contributed by atoms with van der Waals surface area (Å²) in [6.45, 7) is 12.9. The van der Waals surface area contributed by atoms with Crippen LogP contribution in [0.3, 0.4) is 0 Å². The van der Waals surface area contributed by atoms with Gasteiger partial charge in [-0.15, -0.1) is 0 Å². The Kier molecular flexibility index (Phi) is 14.6. The predicted molar refractivity (Wildman–Crippen MR) is 198 cm³/mol. The third-order valence-electron chi connectivity index (χ3n) is 8.99. The Morgan fingerprint density at radius 2 is 1.34 bits per heavy atom. The van der Waals surface area contributed by atoms with Gasteiger partial charge in [0.05, 0.1) is 26.4 Å². The zero-order valence-corrected chi connectivity index (χ0v) is 28.6. The van der Waals surface area contributed by atoms with Crippen molar-refractivity contribution in [1.82, 2.24) is 0 Å². The maximum absolute atomic E-state index is 9.30. The highest BCUT2D eigenvalue weighted by Gasteiger charge is 2.13. The molecule has 0 aromatic heterocycles. The van der Waals surface area contributed by atoms with Crippen molar-refractivity contribution in [1.29, 1.82) is 0 Å². The molecule has 1 aliphatic carbocycles. The Morgan fingerprint density at radius 1 is 0.723 bits per heavy atom. The molecule has 3 aromatic rings. The van der Waals surface area contributed by atoms with Gasteiger partial charge in [-0.3, -0.25) is 0 Å². The van der Waals surface area contributed by atoms with Crippen LogP contribution in [0.15, 0.2) is 103 Å². The third kappa shape index (κ3) is 11.1. The summed E-state index contributed by atoms with van der Waals surface area (Å²) in [5.74, 6) is 2.08. The first-order chi connectivity index (χ1) is 22.9. The fourth-order valence-corrected chi connectivity index (χ4v) is 5.98. The highest BCUT2D eigenvalue weighted by molar-refractivity contribution is 5.79. The van der Waals surface area contributed by atoms with E-state index in [9.17, 15) is 10.2 Å². The van der Waals surface area contributed by atoms with Crippen molar-refractivity contribution in [3.05, 3.63) is 114 Å². The Morgan fingerprint density at radius 3 is 1.91 bits per heavy atom. The summed E-state index contributed by atoms with van der Waals surface area (Å²) in [6.07, 6.45) is 18.4. The van der Waals surface area contributed by atoms with E-state index in [1.807, 2.05) is 18.2 Å². The number of aryl methyl sites for hydroxylation is 1. The molecule has 0 heterocycles. The van der Waals surface area contributed by atoms with Crippen molar-refractivity contribution < 1.29 is 19.7 Å². The first-order valence-electron chi connectivity index (χ1n) is 17.5. The molecule has 1 aliphatic rings. The minimum Gasteiger partial charge on any atom is -0.493 e. The fourth-order valence-electron chi connectivity index (χ4n) is 5.98. The summed E-state index contributed by atoms with van der Waals surface area (Å²) in [5, 5.41) is 18.6. The molecule has 0 saturated carbocycles. The number of aliphatic hydroxyl groups excluding tert-OH is 2. The maximum atomic E-state index is 9.30. The van der Waals surface area contributed by atoms with Crippen LogP contribution in [0.5, 0.6) is 11.5 Å². The zero-order chi connectivity index (χ0) is 33.4. The van der Waals surface area contributed by atoms with Gasteiger partial charge in [0.2, 0.25) is 0 Å². The molecule has 2 N–H and O–H groups in total. The Labute approximate surface area is 283 Å². The van der Waals surface area contributed by atoms with E-state index in [1.165, 1.54) is 66.4 Å². The van der Waals surface area contributed by atoms with Crippen LogP contribution in [-0.2, 0) is 6.42 Å². The van der Waals surface area contributed by atoms with Gasteiger partial charge in [0.1, 0.15) is 11.5 Å². The smallest absolute Gasteiger partial charge is 0.123 e. The van der Waals surface area contributed by atoms with E-state index in [4.69, 9.17) is 9.47 Å². The summed E-state index contributed by atoms with van der Waals surface area (Å²) < 4.78 is 12.1. The van der Waals surface area contributed by atoms with E-state index in [0.29, 0.717) is 43.5 Å². The lowest BCUT2D eigenvalue weighted by atomic mass is 9.88. The Balaban J connectivity index is 1.48. The quantitative estimate of drug-likeness (QED) is 0.0959. The Bertz CT molecular complexity index is 1470. The topological polar surface area (TPSA) is 58.9 Å². The largest absolute Gasteiger partial charge is 0.493 e. The van der Waals surface area contributed by atoms with Gasteiger partial charge in [-0.1, -0.05) is 120 Å². The van der Waals surface area contributed by atoms with Crippen molar-refractivity contribution in [2.24, 2.45) is 5.92 Å². The molecule has 3 aromatic carbocycles. The molecule has 250 valence electrons. The zero-order valence-electron chi connectivity index (χ0n) is 28.6. The summed E-state index contributed by atoms with van der Waals surface area (Å²) in [6, 6.07) is 21.6. The summed E-state index contributed by atoms with van der Waals surface area (Å²) >= 11 is 0. The minimum atomic E-state index is -0.0456. The third-order valence-corrected chi connectivity index (χ3v) is 8.99. The van der Waals surface area contributed by atoms with Gasteiger partial charge in [0.25, 0.3) is 0 Å². The number of benzene rings is 3. The van der Waals surface area contributed by atoms with Gasteiger partial charge in [-0.25, -0.2) is 0 Å². The van der Waals surface area contributed by atoms with Crippen LogP contribution in [0.1, 0.15) is 82.8 Å². The molecular weight excluding hydrogens is 580 g/mol. The number of hydrogen-bond acceptors (Lipinski definition) is 4. The van der Waals surface area contributed by atoms with Crippen LogP contribution in [0, 0.1) is 5.92 Å². The number of hydrogen-bond donors (Lipinski definition) is 2. The molecule has 0 bridgehead atoms. The van der Waals surface area contributed by atoms with Gasteiger partial charge < -0.3 is 19.7 Å². The molecule has 0 aliphatic heterocycles. The molecule has 47 heavy (non-hydrogen) atoms. The van der Waals surface area contributed by atoms with Crippen LogP contribution in [0.2, 0.25) is 0 Å². The lowest BCUT2D eigenvalue weighted by Crippen LogP contribution is -2.03. The van der Waals surface area contributed by atoms with E-state index in [-0.39, 0.29) is 13.2 Å². The van der Waals surface area contributed by atoms with E-state index >= 15 is 0 Å². The molecule has 0 spiro atoms. The van der Waals surface area contributed by atoms with Crippen LogP contribution < -0.4 is 9.47 Å². The minimum absolute atomic E-state index is 0.0456. The second kappa shape index (κ2) is 19.1. The number of aliphatic hydroxyl groups is 2. The van der Waals surface area contributed by atoms with Crippen molar-refractivity contribution >= 4 is 5.57 Å². The van der Waals surface area contributed by atoms with Gasteiger partial charge in [-0.05, 0) is 87.4 Å². The molecule has 1 atom stereocenters. The maximum Gasteiger partial charge on any atom is 0.123 e. The highest BCUT2D eigenvalue weighted by atomic mass is 16.5. The molecule has 0 saturated heterocycles. The first-order valence-corrected chi connectivity index (χ1v) is 17.5. The van der Waals surface area contributed by atoms with Crippen LogP contribution in [0.25, 0.3) is 27.8 Å². The second-order valence-corrected chi connectivity index (χ2v) is 12.7. The van der Waals surface area contributed by atoms with Crippen molar-refractivity contribution in [2.45, 2.75) is 78.1 Å². The summed E-state index contributed by atoms with van der Waals surface area (Å²) in [7, 11) is 0. The monoisotopic (exact) mass is 634 g/mol. The van der Waals surface area contributed by atoms with Crippen molar-refractivity contribution in [3.8, 4) is 33.8 Å². The average Bonchev–Trinajstić information content (AvgIpc) is 3.11. The van der Waals surface area contributed by atoms with E-state index in [2.05, 4.69) is 87.7 Å². The molecule has 4 nitrogen and oxygen atoms in total. The summed E-state index contributed by atoms with van der Waals surface area (Å²) in [4.78, 5) is 0. The molecule has 1 unspecified atom stereocenters. The van der Waals surface area contributed by atoms with Gasteiger partial charge >= 0.3 is 0 Å². The van der Waals surface area contributed by atoms with Crippen LogP contribution >= 0.6 is 0 Å². The lowest BCUT2D eigenvalue weighted by molar-refractivity contribution is 0.285. The predicted octanol–water partition coefficient (Wildman–Crippen LogP) is 10.5. The summed E-state index contributed by atoms with van der Waals surface area (Å²) in [5.41, 5.74) is 9.91. The number of allylic oxidation sites excluding steroid dienone is 4. The fraction of sp³-hybridized carbons (Fsp3) is 0.395. The molecule has 4 rings (SSSR count). The van der Waals surface area contributed by atoms with E-state index < -0.39 is 0 Å². The number of unbranched alkanes of at least 4 members (excludes halogenated alkanes) is 4. The number of rotatable bonds is 20.